The van der Waals surface area contributed by atoms with Crippen LogP contribution in [0, 0.1) is 5.82 Å². The molecule has 1 N–H and O–H groups in total. The Balaban J connectivity index is 1.54. The molecule has 0 aliphatic heterocycles. The van der Waals surface area contributed by atoms with Crippen molar-refractivity contribution in [1.82, 2.24) is 5.43 Å². The third-order valence-corrected chi connectivity index (χ3v) is 5.40. The molecule has 0 saturated heterocycles. The minimum atomic E-state index is -0.309. The van der Waals surface area contributed by atoms with Gasteiger partial charge < -0.3 is 9.47 Å². The van der Waals surface area contributed by atoms with Gasteiger partial charge in [-0.25, -0.2) is 9.82 Å². The number of hydrazone groups is 1. The molecule has 0 spiro atoms. The van der Waals surface area contributed by atoms with Gasteiger partial charge in [0.1, 0.15) is 12.4 Å². The summed E-state index contributed by atoms with van der Waals surface area (Å²) in [6.07, 6.45) is 1.53. The van der Waals surface area contributed by atoms with Crippen LogP contribution in [0.3, 0.4) is 0 Å². The van der Waals surface area contributed by atoms with Crippen molar-refractivity contribution in [2.45, 2.75) is 18.4 Å². The maximum absolute atomic E-state index is 13.3. The molecule has 0 fully saturated rings. The van der Waals surface area contributed by atoms with Gasteiger partial charge in [-0.05, 0) is 72.6 Å². The Kier molecular flexibility index (Phi) is 8.95. The maximum Gasteiger partial charge on any atom is 0.250 e. The Morgan fingerprint density at radius 3 is 2.66 bits per heavy atom. The van der Waals surface area contributed by atoms with Gasteiger partial charge in [0.15, 0.2) is 11.5 Å². The van der Waals surface area contributed by atoms with Gasteiger partial charge in [0.2, 0.25) is 5.91 Å². The fraction of sp³-hybridized carbons (Fsp3) is 0.167. The first-order chi connectivity index (χ1) is 15.5. The first-order valence-electron chi connectivity index (χ1n) is 9.88. The molecule has 166 valence electrons. The molecule has 32 heavy (non-hydrogen) atoms. The fourth-order valence-corrected chi connectivity index (χ4v) is 3.49. The van der Waals surface area contributed by atoms with E-state index < -0.39 is 0 Å². The van der Waals surface area contributed by atoms with E-state index in [4.69, 9.17) is 21.1 Å². The molecule has 1 amide bonds. The summed E-state index contributed by atoms with van der Waals surface area (Å²) in [7, 11) is 0. The van der Waals surface area contributed by atoms with Gasteiger partial charge in [-0.3, -0.25) is 4.79 Å². The third-order valence-electron chi connectivity index (χ3n) is 4.14. The van der Waals surface area contributed by atoms with E-state index in [1.165, 1.54) is 30.1 Å². The minimum absolute atomic E-state index is 0.215. The predicted molar refractivity (Wildman–Crippen MR) is 126 cm³/mol. The van der Waals surface area contributed by atoms with Crippen LogP contribution in [0.15, 0.2) is 76.7 Å². The number of ether oxygens (including phenoxy) is 2. The lowest BCUT2D eigenvalue weighted by Crippen LogP contribution is -2.19. The van der Waals surface area contributed by atoms with Crippen LogP contribution in [0.5, 0.6) is 11.5 Å². The molecular weight excluding hydrogens is 451 g/mol. The molecular formula is C24H22ClFN2O3S. The van der Waals surface area contributed by atoms with Gasteiger partial charge in [-0.2, -0.15) is 5.10 Å². The quantitative estimate of drug-likeness (QED) is 0.233. The molecule has 0 unspecified atom stereocenters. The number of benzene rings is 3. The number of rotatable bonds is 10. The summed E-state index contributed by atoms with van der Waals surface area (Å²) in [4.78, 5) is 12.9. The summed E-state index contributed by atoms with van der Waals surface area (Å²) in [5, 5.41) is 4.66. The number of nitrogens with one attached hydrogen (secondary N) is 1. The molecule has 5 nitrogen and oxygen atoms in total. The lowest BCUT2D eigenvalue weighted by molar-refractivity contribution is -0.118. The largest absolute Gasteiger partial charge is 0.490 e. The summed E-state index contributed by atoms with van der Waals surface area (Å²) >= 11 is 7.25. The van der Waals surface area contributed by atoms with E-state index in [2.05, 4.69) is 10.5 Å². The van der Waals surface area contributed by atoms with Gasteiger partial charge in [-0.1, -0.05) is 23.7 Å². The summed E-state index contributed by atoms with van der Waals surface area (Å²) < 4.78 is 24.8. The monoisotopic (exact) mass is 472 g/mol. The van der Waals surface area contributed by atoms with Crippen LogP contribution < -0.4 is 14.9 Å². The maximum atomic E-state index is 13.3. The highest BCUT2D eigenvalue weighted by molar-refractivity contribution is 8.00. The van der Waals surface area contributed by atoms with Crippen molar-refractivity contribution in [3.8, 4) is 11.5 Å². The molecule has 0 radical (unpaired) electrons. The average Bonchev–Trinajstić information content (AvgIpc) is 2.78. The van der Waals surface area contributed by atoms with Gasteiger partial charge in [0.05, 0.1) is 18.6 Å². The number of carbonyl (C=O) groups is 1. The third kappa shape index (κ3) is 7.59. The molecule has 0 aromatic heterocycles. The van der Waals surface area contributed by atoms with Crippen LogP contribution >= 0.6 is 23.4 Å². The summed E-state index contributed by atoms with van der Waals surface area (Å²) in [5.74, 6) is 0.780. The number of hydrogen-bond donors (Lipinski definition) is 1. The molecule has 3 rings (SSSR count). The number of carbonyl (C=O) groups excluding carboxylic acids is 1. The van der Waals surface area contributed by atoms with Crippen LogP contribution in [0.4, 0.5) is 4.39 Å². The van der Waals surface area contributed by atoms with Crippen molar-refractivity contribution in [2.75, 3.05) is 12.4 Å². The second kappa shape index (κ2) is 12.1. The van der Waals surface area contributed by atoms with Crippen molar-refractivity contribution in [3.63, 3.8) is 0 Å². The summed E-state index contributed by atoms with van der Waals surface area (Å²) in [6.45, 7) is 2.54. The predicted octanol–water partition coefficient (Wildman–Crippen LogP) is 5.70. The van der Waals surface area contributed by atoms with Crippen LogP contribution in [0.1, 0.15) is 18.1 Å². The van der Waals surface area contributed by atoms with E-state index in [1.54, 1.807) is 42.5 Å². The van der Waals surface area contributed by atoms with Crippen molar-refractivity contribution in [1.29, 1.82) is 0 Å². The summed E-state index contributed by atoms with van der Waals surface area (Å²) in [5.41, 5.74) is 3.96. The van der Waals surface area contributed by atoms with E-state index in [-0.39, 0.29) is 24.1 Å². The standard InChI is InChI=1S/C24H22ClFN2O3S/c1-2-30-23-13-17(6-11-22(23)31-15-18-4-3-5-20(26)12-18)14-27-28-24(29)16-32-21-9-7-19(25)8-10-21/h3-14H,2,15-16H2,1H3,(H,28,29)/b27-14-. The van der Waals surface area contributed by atoms with E-state index in [1.807, 2.05) is 19.1 Å². The van der Waals surface area contributed by atoms with Gasteiger partial charge >= 0.3 is 0 Å². The van der Waals surface area contributed by atoms with Crippen molar-refractivity contribution < 1.29 is 18.7 Å². The molecule has 3 aromatic rings. The van der Waals surface area contributed by atoms with Crippen molar-refractivity contribution in [3.05, 3.63) is 88.7 Å². The SMILES string of the molecule is CCOc1cc(/C=N\NC(=O)CSc2ccc(Cl)cc2)ccc1OCc1cccc(F)c1. The second-order valence-corrected chi connectivity index (χ2v) is 8.08. The first kappa shape index (κ1) is 23.6. The number of halogens is 2. The zero-order valence-electron chi connectivity index (χ0n) is 17.4. The minimum Gasteiger partial charge on any atom is -0.490 e. The van der Waals surface area contributed by atoms with E-state index in [9.17, 15) is 9.18 Å². The molecule has 8 heteroatoms. The van der Waals surface area contributed by atoms with Gasteiger partial charge in [0.25, 0.3) is 0 Å². The van der Waals surface area contributed by atoms with E-state index in [0.717, 1.165) is 16.0 Å². The smallest absolute Gasteiger partial charge is 0.250 e. The second-order valence-electron chi connectivity index (χ2n) is 6.59. The molecule has 0 heterocycles. The lowest BCUT2D eigenvalue weighted by Gasteiger charge is -2.12. The van der Waals surface area contributed by atoms with Crippen LogP contribution in [0.2, 0.25) is 5.02 Å². The number of amides is 1. The Labute approximate surface area is 195 Å². The van der Waals surface area contributed by atoms with E-state index >= 15 is 0 Å². The number of nitrogens with zero attached hydrogens (tertiary/aromatic N) is 1. The number of hydrogen-bond acceptors (Lipinski definition) is 5. The molecule has 3 aromatic carbocycles. The topological polar surface area (TPSA) is 59.9 Å². The van der Waals surface area contributed by atoms with Gasteiger partial charge in [-0.15, -0.1) is 11.8 Å². The summed E-state index contributed by atoms with van der Waals surface area (Å²) in [6, 6.07) is 18.8. The zero-order valence-corrected chi connectivity index (χ0v) is 19.0. The van der Waals surface area contributed by atoms with Crippen LogP contribution in [0.25, 0.3) is 0 Å². The molecule has 0 bridgehead atoms. The highest BCUT2D eigenvalue weighted by Crippen LogP contribution is 2.29. The van der Waals surface area contributed by atoms with Crippen LogP contribution in [-0.4, -0.2) is 24.5 Å². The highest BCUT2D eigenvalue weighted by atomic mass is 35.5. The Morgan fingerprint density at radius 2 is 1.91 bits per heavy atom. The normalized spacial score (nSPS) is 10.8. The molecule has 0 saturated carbocycles. The van der Waals surface area contributed by atoms with E-state index in [0.29, 0.717) is 23.1 Å². The fourth-order valence-electron chi connectivity index (χ4n) is 2.67. The zero-order chi connectivity index (χ0) is 22.8. The molecule has 0 aliphatic rings. The van der Waals surface area contributed by atoms with Crippen LogP contribution in [-0.2, 0) is 11.4 Å². The number of thioether (sulfide) groups is 1. The highest BCUT2D eigenvalue weighted by Gasteiger charge is 2.07. The Bertz CT molecular complexity index is 1080. The van der Waals surface area contributed by atoms with Crippen molar-refractivity contribution in [2.24, 2.45) is 5.10 Å². The Hall–Kier alpha value is -3.03. The van der Waals surface area contributed by atoms with Crippen molar-refractivity contribution >= 4 is 35.5 Å². The van der Waals surface area contributed by atoms with Gasteiger partial charge in [0, 0.05) is 9.92 Å². The molecule has 0 aliphatic carbocycles. The average molecular weight is 473 g/mol. The molecule has 0 atom stereocenters. The Morgan fingerprint density at radius 1 is 1.09 bits per heavy atom. The lowest BCUT2D eigenvalue weighted by atomic mass is 10.2. The first-order valence-corrected chi connectivity index (χ1v) is 11.2.